The zero-order valence-corrected chi connectivity index (χ0v) is 14.1. The van der Waals surface area contributed by atoms with Crippen molar-refractivity contribution in [1.29, 1.82) is 0 Å². The van der Waals surface area contributed by atoms with Gasteiger partial charge >= 0.3 is 0 Å². The van der Waals surface area contributed by atoms with Crippen LogP contribution in [0.5, 0.6) is 0 Å². The molecule has 0 radical (unpaired) electrons. The molecule has 1 aromatic carbocycles. The van der Waals surface area contributed by atoms with Gasteiger partial charge in [-0.05, 0) is 54.9 Å². The van der Waals surface area contributed by atoms with Crippen LogP contribution in [0.2, 0.25) is 0 Å². The summed E-state index contributed by atoms with van der Waals surface area (Å²) in [5, 5.41) is 13.6. The average Bonchev–Trinajstić information content (AvgIpc) is 3.34. The minimum absolute atomic E-state index is 0.00763. The highest BCUT2D eigenvalue weighted by Gasteiger charge is 2.32. The van der Waals surface area contributed by atoms with Crippen LogP contribution < -0.4 is 0 Å². The monoisotopic (exact) mass is 325 g/mol. The van der Waals surface area contributed by atoms with Gasteiger partial charge in [-0.3, -0.25) is 4.90 Å². The lowest BCUT2D eigenvalue weighted by Crippen LogP contribution is -2.29. The van der Waals surface area contributed by atoms with Crippen molar-refractivity contribution in [2.24, 2.45) is 0 Å². The summed E-state index contributed by atoms with van der Waals surface area (Å²) in [6.45, 7) is 5.15. The summed E-state index contributed by atoms with van der Waals surface area (Å²) < 4.78 is 8.12. The van der Waals surface area contributed by atoms with Gasteiger partial charge in [0.2, 0.25) is 0 Å². The number of furan rings is 1. The number of hydrogen-bond donors (Lipinski definition) is 0. The van der Waals surface area contributed by atoms with E-state index in [-0.39, 0.29) is 6.04 Å². The molecule has 0 bridgehead atoms. The molecule has 3 aromatic rings. The lowest BCUT2D eigenvalue weighted by atomic mass is 10.1. The van der Waals surface area contributed by atoms with E-state index < -0.39 is 0 Å². The number of para-hydroxylation sites is 1. The molecule has 2 aromatic heterocycles. The fraction of sp³-hybridized carbons (Fsp3) is 0.500. The van der Waals surface area contributed by atoms with E-state index in [1.807, 2.05) is 22.9 Å². The van der Waals surface area contributed by atoms with Gasteiger partial charge in [0.05, 0.1) is 0 Å². The molecule has 1 fully saturated rings. The minimum atomic E-state index is -0.00763. The molecule has 1 atom stereocenters. The zero-order chi connectivity index (χ0) is 16.4. The summed E-state index contributed by atoms with van der Waals surface area (Å²) in [4.78, 5) is 2.44. The second-order valence-electron chi connectivity index (χ2n) is 6.45. The van der Waals surface area contributed by atoms with E-state index in [4.69, 9.17) is 4.42 Å². The number of nitrogens with zero attached hydrogens (tertiary/aromatic N) is 5. The van der Waals surface area contributed by atoms with Crippen molar-refractivity contribution in [3.05, 3.63) is 41.9 Å². The molecular weight excluding hydrogens is 302 g/mol. The first-order valence-corrected chi connectivity index (χ1v) is 8.85. The van der Waals surface area contributed by atoms with E-state index in [2.05, 4.69) is 39.5 Å². The van der Waals surface area contributed by atoms with Gasteiger partial charge in [0.15, 0.2) is 5.82 Å². The molecule has 24 heavy (non-hydrogen) atoms. The Labute approximate surface area is 141 Å². The number of fused-ring (bicyclic) bond motifs is 1. The van der Waals surface area contributed by atoms with E-state index in [0.717, 1.165) is 55.0 Å². The maximum atomic E-state index is 6.18. The number of aromatic nitrogens is 4. The maximum Gasteiger partial charge on any atom is 0.176 e. The van der Waals surface area contributed by atoms with Gasteiger partial charge in [-0.25, -0.2) is 4.68 Å². The molecule has 0 aliphatic carbocycles. The van der Waals surface area contributed by atoms with Crippen LogP contribution in [0.15, 0.2) is 34.7 Å². The van der Waals surface area contributed by atoms with Crippen molar-refractivity contribution in [2.45, 2.75) is 45.2 Å². The predicted octanol–water partition coefficient (Wildman–Crippen LogP) is 3.40. The highest BCUT2D eigenvalue weighted by atomic mass is 16.3. The molecular formula is C18H23N5O. The van der Waals surface area contributed by atoms with Crippen LogP contribution in [0.3, 0.4) is 0 Å². The van der Waals surface area contributed by atoms with Gasteiger partial charge in [0.25, 0.3) is 0 Å². The van der Waals surface area contributed by atoms with E-state index in [0.29, 0.717) is 0 Å². The zero-order valence-electron chi connectivity index (χ0n) is 14.1. The largest absolute Gasteiger partial charge is 0.459 e. The van der Waals surface area contributed by atoms with Crippen molar-refractivity contribution in [3.8, 4) is 0 Å². The molecule has 0 amide bonds. The number of aryl methyl sites for hydroxylation is 1. The first kappa shape index (κ1) is 15.3. The summed E-state index contributed by atoms with van der Waals surface area (Å²) in [5.41, 5.74) is 0.921. The first-order valence-electron chi connectivity index (χ1n) is 8.85. The smallest absolute Gasteiger partial charge is 0.176 e. The molecule has 0 saturated carbocycles. The number of likely N-dealkylation sites (tertiary alicyclic amines) is 1. The SMILES string of the molecule is CCCCn1nnnc1C(c1cc2ccccc2o1)N1CCCC1. The van der Waals surface area contributed by atoms with Crippen LogP contribution in [0.25, 0.3) is 11.0 Å². The average molecular weight is 325 g/mol. The summed E-state index contributed by atoms with van der Waals surface area (Å²) >= 11 is 0. The summed E-state index contributed by atoms with van der Waals surface area (Å²) in [5.74, 6) is 1.83. The van der Waals surface area contributed by atoms with Gasteiger partial charge in [0.1, 0.15) is 17.4 Å². The molecule has 3 heterocycles. The Kier molecular flexibility index (Phi) is 4.30. The predicted molar refractivity (Wildman–Crippen MR) is 91.6 cm³/mol. The highest BCUT2D eigenvalue weighted by Crippen LogP contribution is 2.33. The Balaban J connectivity index is 1.75. The highest BCUT2D eigenvalue weighted by molar-refractivity contribution is 5.77. The second-order valence-corrected chi connectivity index (χ2v) is 6.45. The van der Waals surface area contributed by atoms with E-state index >= 15 is 0 Å². The summed E-state index contributed by atoms with van der Waals surface area (Å²) in [7, 11) is 0. The number of hydrogen-bond acceptors (Lipinski definition) is 5. The molecule has 0 spiro atoms. The molecule has 1 unspecified atom stereocenters. The van der Waals surface area contributed by atoms with Crippen LogP contribution in [-0.4, -0.2) is 38.2 Å². The van der Waals surface area contributed by atoms with E-state index in [1.54, 1.807) is 0 Å². The van der Waals surface area contributed by atoms with Gasteiger partial charge in [0, 0.05) is 11.9 Å². The van der Waals surface area contributed by atoms with Crippen LogP contribution in [0, 0.1) is 0 Å². The molecule has 1 aliphatic rings. The Morgan fingerprint density at radius 1 is 1.21 bits per heavy atom. The fourth-order valence-electron chi connectivity index (χ4n) is 3.48. The number of rotatable bonds is 6. The van der Waals surface area contributed by atoms with Crippen LogP contribution in [0.4, 0.5) is 0 Å². The lowest BCUT2D eigenvalue weighted by molar-refractivity contribution is 0.236. The normalized spacial score (nSPS) is 16.9. The van der Waals surface area contributed by atoms with Crippen LogP contribution >= 0.6 is 0 Å². The summed E-state index contributed by atoms with van der Waals surface area (Å²) in [6, 6.07) is 10.3. The molecule has 6 nitrogen and oxygen atoms in total. The molecule has 4 rings (SSSR count). The molecule has 126 valence electrons. The quantitative estimate of drug-likeness (QED) is 0.695. The van der Waals surface area contributed by atoms with Crippen molar-refractivity contribution < 1.29 is 4.42 Å². The fourth-order valence-corrected chi connectivity index (χ4v) is 3.48. The van der Waals surface area contributed by atoms with Crippen molar-refractivity contribution in [2.75, 3.05) is 13.1 Å². The molecule has 6 heteroatoms. The third-order valence-electron chi connectivity index (χ3n) is 4.75. The number of benzene rings is 1. The third-order valence-corrected chi connectivity index (χ3v) is 4.75. The van der Waals surface area contributed by atoms with Gasteiger partial charge in [-0.15, -0.1) is 5.10 Å². The topological polar surface area (TPSA) is 60.0 Å². The first-order chi connectivity index (χ1) is 11.9. The van der Waals surface area contributed by atoms with Gasteiger partial charge < -0.3 is 4.42 Å². The Morgan fingerprint density at radius 3 is 2.83 bits per heavy atom. The van der Waals surface area contributed by atoms with Crippen LogP contribution in [0.1, 0.15) is 50.2 Å². The lowest BCUT2D eigenvalue weighted by Gasteiger charge is -2.24. The van der Waals surface area contributed by atoms with Gasteiger partial charge in [-0.2, -0.15) is 0 Å². The number of unbranched alkanes of at least 4 members (excludes halogenated alkanes) is 1. The summed E-state index contributed by atoms with van der Waals surface area (Å²) in [6.07, 6.45) is 4.63. The molecule has 1 aliphatic heterocycles. The van der Waals surface area contributed by atoms with Crippen LogP contribution in [-0.2, 0) is 6.54 Å². The van der Waals surface area contributed by atoms with E-state index in [9.17, 15) is 0 Å². The maximum absolute atomic E-state index is 6.18. The Morgan fingerprint density at radius 2 is 2.04 bits per heavy atom. The number of tetrazole rings is 1. The minimum Gasteiger partial charge on any atom is -0.459 e. The molecule has 1 saturated heterocycles. The molecule has 0 N–H and O–H groups in total. The van der Waals surface area contributed by atoms with E-state index in [1.165, 1.54) is 12.8 Å². The Hall–Kier alpha value is -2.21. The second kappa shape index (κ2) is 6.73. The van der Waals surface area contributed by atoms with Crippen molar-refractivity contribution in [1.82, 2.24) is 25.1 Å². The Bertz CT molecular complexity index is 769. The third kappa shape index (κ3) is 2.82. The standard InChI is InChI=1S/C18H23N5O/c1-2-3-12-23-18(19-20-21-23)17(22-10-6-7-11-22)16-13-14-8-4-5-9-15(14)24-16/h4-5,8-9,13,17H,2-3,6-7,10-12H2,1H3. The van der Waals surface area contributed by atoms with Crippen molar-refractivity contribution >= 4 is 11.0 Å². The van der Waals surface area contributed by atoms with Crippen molar-refractivity contribution in [3.63, 3.8) is 0 Å². The van der Waals surface area contributed by atoms with Gasteiger partial charge in [-0.1, -0.05) is 31.5 Å².